The third-order valence-electron chi connectivity index (χ3n) is 6.53. The van der Waals surface area contributed by atoms with Crippen molar-refractivity contribution < 1.29 is 9.53 Å². The van der Waals surface area contributed by atoms with Crippen LogP contribution in [0, 0.1) is 11.8 Å². The lowest BCUT2D eigenvalue weighted by molar-refractivity contribution is -0.130. The fraction of sp³-hybridized carbons (Fsp3) is 0.455. The first-order valence-corrected chi connectivity index (χ1v) is 10.4. The minimum absolute atomic E-state index is 0.0739. The summed E-state index contributed by atoms with van der Waals surface area (Å²) in [4.78, 5) is 16.8. The zero-order valence-corrected chi connectivity index (χ0v) is 17.5. The number of anilines is 1. The van der Waals surface area contributed by atoms with Gasteiger partial charge in [-0.05, 0) is 30.2 Å². The second kappa shape index (κ2) is 7.27. The molecule has 0 unspecified atom stereocenters. The van der Waals surface area contributed by atoms with Crippen molar-refractivity contribution >= 4 is 17.2 Å². The minimum Gasteiger partial charge on any atom is -0.497 e. The first kappa shape index (κ1) is 18.8. The second-order valence-electron chi connectivity index (χ2n) is 8.19. The van der Waals surface area contributed by atoms with Crippen LogP contribution in [-0.4, -0.2) is 57.4 Å². The molecule has 0 radical (unpaired) electrons. The normalized spacial score (nSPS) is 23.2. The van der Waals surface area contributed by atoms with E-state index in [0.717, 1.165) is 54.4 Å². The van der Waals surface area contributed by atoms with E-state index in [1.54, 1.807) is 24.9 Å². The highest BCUT2D eigenvalue weighted by Gasteiger charge is 2.48. The molecule has 8 heteroatoms. The van der Waals surface area contributed by atoms with E-state index >= 15 is 0 Å². The van der Waals surface area contributed by atoms with E-state index in [1.807, 2.05) is 17.0 Å². The molecule has 2 aliphatic rings. The van der Waals surface area contributed by atoms with Crippen molar-refractivity contribution in [2.24, 2.45) is 11.8 Å². The first-order valence-electron chi connectivity index (χ1n) is 10.4. The quantitative estimate of drug-likeness (QED) is 0.662. The van der Waals surface area contributed by atoms with Gasteiger partial charge >= 0.3 is 0 Å². The van der Waals surface area contributed by atoms with Crippen molar-refractivity contribution in [1.82, 2.24) is 24.7 Å². The number of aromatic nitrogens is 4. The maximum atomic E-state index is 12.4. The Morgan fingerprint density at radius 1 is 1.20 bits per heavy atom. The van der Waals surface area contributed by atoms with Crippen LogP contribution >= 0.6 is 0 Å². The maximum Gasteiger partial charge on any atom is 0.219 e. The topological polar surface area (TPSA) is 75.9 Å². The van der Waals surface area contributed by atoms with Crippen LogP contribution in [-0.2, 0) is 11.2 Å². The van der Waals surface area contributed by atoms with Gasteiger partial charge < -0.3 is 14.5 Å². The molecule has 2 aliphatic heterocycles. The van der Waals surface area contributed by atoms with Crippen LogP contribution in [0.5, 0.6) is 5.75 Å². The number of hydrogen-bond acceptors (Lipinski definition) is 6. The lowest BCUT2D eigenvalue weighted by Crippen LogP contribution is -2.34. The molecule has 2 aromatic heterocycles. The summed E-state index contributed by atoms with van der Waals surface area (Å²) in [5, 5.41) is 12.9. The summed E-state index contributed by atoms with van der Waals surface area (Å²) < 4.78 is 7.08. The zero-order valence-electron chi connectivity index (χ0n) is 17.5. The Balaban J connectivity index is 1.49. The Kier molecular flexibility index (Phi) is 4.56. The van der Waals surface area contributed by atoms with Crippen LogP contribution < -0.4 is 9.64 Å². The number of likely N-dealkylation sites (tertiary alicyclic amines) is 1. The monoisotopic (exact) mass is 406 g/mol. The molecule has 0 N–H and O–H groups in total. The number of benzene rings is 1. The van der Waals surface area contributed by atoms with Gasteiger partial charge in [-0.3, -0.25) is 4.79 Å². The molecule has 0 saturated carbocycles. The molecule has 0 spiro atoms. The molecule has 5 rings (SSSR count). The molecule has 3 atom stereocenters. The Morgan fingerprint density at radius 3 is 2.70 bits per heavy atom. The van der Waals surface area contributed by atoms with Gasteiger partial charge in [0, 0.05) is 38.4 Å². The van der Waals surface area contributed by atoms with Crippen molar-refractivity contribution in [2.75, 3.05) is 31.6 Å². The number of rotatable bonds is 4. The fourth-order valence-electron chi connectivity index (χ4n) is 5.06. The van der Waals surface area contributed by atoms with Crippen LogP contribution in [0.2, 0.25) is 0 Å². The van der Waals surface area contributed by atoms with E-state index in [4.69, 9.17) is 4.74 Å². The maximum absolute atomic E-state index is 12.4. The van der Waals surface area contributed by atoms with Crippen LogP contribution in [0.25, 0.3) is 5.65 Å². The van der Waals surface area contributed by atoms with Gasteiger partial charge in [-0.1, -0.05) is 19.1 Å². The van der Waals surface area contributed by atoms with Gasteiger partial charge in [0.25, 0.3) is 0 Å². The van der Waals surface area contributed by atoms with E-state index in [9.17, 15) is 4.79 Å². The molecule has 30 heavy (non-hydrogen) atoms. The molecule has 0 bridgehead atoms. The fourth-order valence-corrected chi connectivity index (χ4v) is 5.06. The predicted octanol–water partition coefficient (Wildman–Crippen LogP) is 2.35. The largest absolute Gasteiger partial charge is 0.497 e. The van der Waals surface area contributed by atoms with Gasteiger partial charge in [0.05, 0.1) is 24.5 Å². The number of methoxy groups -OCH3 is 1. The number of fused-ring (bicyclic) bond motifs is 2. The first-order chi connectivity index (χ1) is 14.6. The van der Waals surface area contributed by atoms with Crippen molar-refractivity contribution in [3.63, 3.8) is 0 Å². The number of ether oxygens (including phenoxy) is 1. The summed E-state index contributed by atoms with van der Waals surface area (Å²) in [7, 11) is 1.67. The Hall–Kier alpha value is -3.16. The summed E-state index contributed by atoms with van der Waals surface area (Å²) in [6.07, 6.45) is 2.51. The van der Waals surface area contributed by atoms with Gasteiger partial charge in [-0.2, -0.15) is 9.61 Å². The van der Waals surface area contributed by atoms with Gasteiger partial charge in [0.1, 0.15) is 12.1 Å². The molecule has 8 nitrogen and oxygen atoms in total. The third-order valence-corrected chi connectivity index (χ3v) is 6.53. The highest BCUT2D eigenvalue weighted by molar-refractivity contribution is 5.75. The number of carbonyl (C=O) groups is 1. The SMILES string of the molecule is CCc1cc(N2C[C@@H]3CN(C(C)=O)[C@@H](c4ccc(OC)cc4)[C@@H]3C2)c2nncn2n1. The van der Waals surface area contributed by atoms with Gasteiger partial charge in [0.2, 0.25) is 11.6 Å². The van der Waals surface area contributed by atoms with Crippen LogP contribution in [0.4, 0.5) is 5.69 Å². The van der Waals surface area contributed by atoms with Crippen molar-refractivity contribution in [3.8, 4) is 5.75 Å². The van der Waals surface area contributed by atoms with Crippen molar-refractivity contribution in [3.05, 3.63) is 47.9 Å². The zero-order chi connectivity index (χ0) is 20.8. The number of nitrogens with zero attached hydrogens (tertiary/aromatic N) is 6. The summed E-state index contributed by atoms with van der Waals surface area (Å²) in [6, 6.07) is 10.3. The third kappa shape index (κ3) is 2.98. The Morgan fingerprint density at radius 2 is 2.00 bits per heavy atom. The van der Waals surface area contributed by atoms with E-state index in [2.05, 4.69) is 45.3 Å². The van der Waals surface area contributed by atoms with E-state index in [1.165, 1.54) is 0 Å². The molecule has 1 aromatic carbocycles. The van der Waals surface area contributed by atoms with Crippen LogP contribution in [0.1, 0.15) is 31.1 Å². The smallest absolute Gasteiger partial charge is 0.219 e. The Bertz CT molecular complexity index is 1080. The highest BCUT2D eigenvalue weighted by Crippen LogP contribution is 2.46. The summed E-state index contributed by atoms with van der Waals surface area (Å²) in [5.74, 6) is 1.74. The van der Waals surface area contributed by atoms with Gasteiger partial charge in [-0.25, -0.2) is 0 Å². The van der Waals surface area contributed by atoms with Crippen LogP contribution in [0.15, 0.2) is 36.7 Å². The predicted molar refractivity (Wildman–Crippen MR) is 112 cm³/mol. The molecule has 4 heterocycles. The molecule has 0 aliphatic carbocycles. The van der Waals surface area contributed by atoms with Crippen molar-refractivity contribution in [2.45, 2.75) is 26.3 Å². The lowest BCUT2D eigenvalue weighted by atomic mass is 9.89. The Labute approximate surface area is 175 Å². The number of aryl methyl sites for hydroxylation is 1. The van der Waals surface area contributed by atoms with Crippen molar-refractivity contribution in [1.29, 1.82) is 0 Å². The van der Waals surface area contributed by atoms with E-state index in [0.29, 0.717) is 11.8 Å². The average Bonchev–Trinajstić information content (AvgIpc) is 3.47. The average molecular weight is 406 g/mol. The second-order valence-corrected chi connectivity index (χ2v) is 8.19. The molecule has 1 amide bonds. The summed E-state index contributed by atoms with van der Waals surface area (Å²) >= 11 is 0. The minimum atomic E-state index is 0.0739. The van der Waals surface area contributed by atoms with Crippen LogP contribution in [0.3, 0.4) is 0 Å². The molecule has 156 valence electrons. The molecule has 2 fully saturated rings. The molecular weight excluding hydrogens is 380 g/mol. The number of hydrogen-bond donors (Lipinski definition) is 0. The molecule has 2 saturated heterocycles. The van der Waals surface area contributed by atoms with Gasteiger partial charge in [-0.15, -0.1) is 10.2 Å². The summed E-state index contributed by atoms with van der Waals surface area (Å²) in [5.41, 5.74) is 4.05. The van der Waals surface area contributed by atoms with Gasteiger partial charge in [0.15, 0.2) is 0 Å². The lowest BCUT2D eigenvalue weighted by Gasteiger charge is -2.30. The van der Waals surface area contributed by atoms with E-state index in [-0.39, 0.29) is 11.9 Å². The summed E-state index contributed by atoms with van der Waals surface area (Å²) in [6.45, 7) is 6.33. The van der Waals surface area contributed by atoms with E-state index < -0.39 is 0 Å². The standard InChI is InChI=1S/C22H26N6O2/c1-4-17-9-20(22-24-23-13-28(22)25-17)26-10-16-11-27(14(2)29)21(19(16)12-26)15-5-7-18(30-3)8-6-15/h5-9,13,16,19,21H,4,10-12H2,1-3H3/t16-,19-,21+/m1/s1. The molecular formula is C22H26N6O2. The number of amides is 1. The highest BCUT2D eigenvalue weighted by atomic mass is 16.5. The molecule has 3 aromatic rings. The number of carbonyl (C=O) groups excluding carboxylic acids is 1.